The van der Waals surface area contributed by atoms with E-state index in [2.05, 4.69) is 57.1 Å². The van der Waals surface area contributed by atoms with E-state index in [1.165, 1.54) is 12.1 Å². The van der Waals surface area contributed by atoms with Gasteiger partial charge in [-0.15, -0.1) is 0 Å². The van der Waals surface area contributed by atoms with Gasteiger partial charge in [0.2, 0.25) is 0 Å². The molecule has 1 aromatic rings. The van der Waals surface area contributed by atoms with Crippen LogP contribution in [0.5, 0.6) is 5.75 Å². The average Bonchev–Trinajstić information content (AvgIpc) is 2.45. The van der Waals surface area contributed by atoms with E-state index in [4.69, 9.17) is 4.74 Å². The standard InChI is InChI=1S/C18H32N2O/c1-7-13-19-17(18(2,3)4)12-14-20(5)15-8-10-16(21-6)11-9-15/h8-11,17,19H,7,12-14H2,1-6H3. The third-order valence-corrected chi connectivity index (χ3v) is 3.95. The molecular weight excluding hydrogens is 260 g/mol. The quantitative estimate of drug-likeness (QED) is 0.785. The summed E-state index contributed by atoms with van der Waals surface area (Å²) >= 11 is 0. The first-order valence-corrected chi connectivity index (χ1v) is 7.97. The van der Waals surface area contributed by atoms with E-state index in [-0.39, 0.29) is 5.41 Å². The van der Waals surface area contributed by atoms with Crippen LogP contribution in [0.4, 0.5) is 5.69 Å². The number of hydrogen-bond acceptors (Lipinski definition) is 3. The van der Waals surface area contributed by atoms with Gasteiger partial charge in [-0.25, -0.2) is 0 Å². The highest BCUT2D eigenvalue weighted by molar-refractivity contribution is 5.48. The van der Waals surface area contributed by atoms with Gasteiger partial charge in [0.05, 0.1) is 7.11 Å². The van der Waals surface area contributed by atoms with Gasteiger partial charge in [0.25, 0.3) is 0 Å². The normalized spacial score (nSPS) is 13.0. The second-order valence-corrected chi connectivity index (χ2v) is 6.78. The van der Waals surface area contributed by atoms with Crippen LogP contribution in [-0.2, 0) is 0 Å². The molecule has 1 atom stereocenters. The number of nitrogens with one attached hydrogen (secondary N) is 1. The number of ether oxygens (including phenoxy) is 1. The number of methoxy groups -OCH3 is 1. The monoisotopic (exact) mass is 292 g/mol. The Kier molecular flexibility index (Phi) is 7.03. The molecule has 1 unspecified atom stereocenters. The molecule has 0 aliphatic heterocycles. The van der Waals surface area contributed by atoms with E-state index in [0.29, 0.717) is 6.04 Å². The van der Waals surface area contributed by atoms with Gasteiger partial charge in [-0.1, -0.05) is 27.7 Å². The van der Waals surface area contributed by atoms with Crippen molar-refractivity contribution in [3.05, 3.63) is 24.3 Å². The first-order valence-electron chi connectivity index (χ1n) is 7.97. The van der Waals surface area contributed by atoms with Gasteiger partial charge in [0, 0.05) is 25.3 Å². The van der Waals surface area contributed by atoms with Gasteiger partial charge < -0.3 is 15.0 Å². The third-order valence-electron chi connectivity index (χ3n) is 3.95. The summed E-state index contributed by atoms with van der Waals surface area (Å²) in [5.74, 6) is 0.907. The van der Waals surface area contributed by atoms with Crippen molar-refractivity contribution in [2.24, 2.45) is 5.41 Å². The summed E-state index contributed by atoms with van der Waals surface area (Å²) < 4.78 is 5.21. The van der Waals surface area contributed by atoms with Crippen molar-refractivity contribution in [3.8, 4) is 5.75 Å². The van der Waals surface area contributed by atoms with E-state index in [0.717, 1.165) is 25.3 Å². The lowest BCUT2D eigenvalue weighted by atomic mass is 9.84. The van der Waals surface area contributed by atoms with E-state index >= 15 is 0 Å². The van der Waals surface area contributed by atoms with Gasteiger partial charge >= 0.3 is 0 Å². The molecule has 0 heterocycles. The highest BCUT2D eigenvalue weighted by Crippen LogP contribution is 2.23. The van der Waals surface area contributed by atoms with Gasteiger partial charge in [-0.3, -0.25) is 0 Å². The van der Waals surface area contributed by atoms with Crippen molar-refractivity contribution in [3.63, 3.8) is 0 Å². The Morgan fingerprint density at radius 2 is 1.81 bits per heavy atom. The van der Waals surface area contributed by atoms with Crippen molar-refractivity contribution in [1.82, 2.24) is 5.32 Å². The second kappa shape index (κ2) is 8.28. The Balaban J connectivity index is 2.57. The fraction of sp³-hybridized carbons (Fsp3) is 0.667. The van der Waals surface area contributed by atoms with Crippen molar-refractivity contribution in [2.45, 2.75) is 46.6 Å². The smallest absolute Gasteiger partial charge is 0.119 e. The predicted octanol–water partition coefficient (Wildman–Crippen LogP) is 3.94. The molecule has 3 heteroatoms. The number of hydrogen-bond donors (Lipinski definition) is 1. The molecule has 21 heavy (non-hydrogen) atoms. The van der Waals surface area contributed by atoms with Crippen LogP contribution in [0.15, 0.2) is 24.3 Å². The summed E-state index contributed by atoms with van der Waals surface area (Å²) in [7, 11) is 3.85. The number of anilines is 1. The number of nitrogens with zero attached hydrogens (tertiary/aromatic N) is 1. The largest absolute Gasteiger partial charge is 0.497 e. The van der Waals surface area contributed by atoms with Gasteiger partial charge in [0.15, 0.2) is 0 Å². The summed E-state index contributed by atoms with van der Waals surface area (Å²) in [6, 6.07) is 8.80. The van der Waals surface area contributed by atoms with Crippen LogP contribution in [0.1, 0.15) is 40.5 Å². The predicted molar refractivity (Wildman–Crippen MR) is 92.4 cm³/mol. The Bertz CT molecular complexity index is 395. The minimum Gasteiger partial charge on any atom is -0.497 e. The molecule has 0 aromatic heterocycles. The second-order valence-electron chi connectivity index (χ2n) is 6.78. The number of rotatable bonds is 8. The first kappa shape index (κ1) is 17.8. The van der Waals surface area contributed by atoms with Crippen LogP contribution in [-0.4, -0.2) is 33.3 Å². The topological polar surface area (TPSA) is 24.5 Å². The van der Waals surface area contributed by atoms with Gasteiger partial charge in [-0.05, 0) is 49.1 Å². The third kappa shape index (κ3) is 5.96. The maximum Gasteiger partial charge on any atom is 0.119 e. The highest BCUT2D eigenvalue weighted by Gasteiger charge is 2.23. The fourth-order valence-electron chi connectivity index (χ4n) is 2.45. The molecule has 120 valence electrons. The average molecular weight is 292 g/mol. The zero-order chi connectivity index (χ0) is 15.9. The molecule has 1 N–H and O–H groups in total. The lowest BCUT2D eigenvalue weighted by Crippen LogP contribution is -2.42. The summed E-state index contributed by atoms with van der Waals surface area (Å²) in [5.41, 5.74) is 1.52. The van der Waals surface area contributed by atoms with E-state index in [9.17, 15) is 0 Å². The van der Waals surface area contributed by atoms with Crippen LogP contribution in [0, 0.1) is 5.41 Å². The first-order chi connectivity index (χ1) is 9.88. The molecule has 0 aliphatic rings. The Hall–Kier alpha value is -1.22. The molecule has 0 saturated carbocycles. The lowest BCUT2D eigenvalue weighted by molar-refractivity contribution is 0.257. The lowest BCUT2D eigenvalue weighted by Gasteiger charge is -2.33. The summed E-state index contributed by atoms with van der Waals surface area (Å²) in [6.07, 6.45) is 2.33. The minimum absolute atomic E-state index is 0.288. The van der Waals surface area contributed by atoms with Crippen molar-refractivity contribution < 1.29 is 4.74 Å². The highest BCUT2D eigenvalue weighted by atomic mass is 16.5. The van der Waals surface area contributed by atoms with Crippen LogP contribution >= 0.6 is 0 Å². The Labute approximate surface area is 130 Å². The SMILES string of the molecule is CCCNC(CCN(C)c1ccc(OC)cc1)C(C)(C)C. The molecular formula is C18H32N2O. The molecule has 3 nitrogen and oxygen atoms in total. The molecule has 0 radical (unpaired) electrons. The van der Waals surface area contributed by atoms with Crippen molar-refractivity contribution in [2.75, 3.05) is 32.1 Å². The molecule has 0 saturated heterocycles. The van der Waals surface area contributed by atoms with Crippen molar-refractivity contribution >= 4 is 5.69 Å². The minimum atomic E-state index is 0.288. The molecule has 0 amide bonds. The molecule has 1 rings (SSSR count). The van der Waals surface area contributed by atoms with Crippen LogP contribution in [0.3, 0.4) is 0 Å². The summed E-state index contributed by atoms with van der Waals surface area (Å²) in [6.45, 7) is 11.3. The van der Waals surface area contributed by atoms with Crippen molar-refractivity contribution in [1.29, 1.82) is 0 Å². The summed E-state index contributed by atoms with van der Waals surface area (Å²) in [5, 5.41) is 3.69. The maximum atomic E-state index is 5.21. The van der Waals surface area contributed by atoms with E-state index in [1.807, 2.05) is 12.1 Å². The van der Waals surface area contributed by atoms with Gasteiger partial charge in [-0.2, -0.15) is 0 Å². The molecule has 0 fully saturated rings. The number of benzene rings is 1. The molecule has 0 bridgehead atoms. The Morgan fingerprint density at radius 3 is 2.29 bits per heavy atom. The zero-order valence-electron chi connectivity index (χ0n) is 14.6. The van der Waals surface area contributed by atoms with Crippen LogP contribution in [0.2, 0.25) is 0 Å². The molecule has 0 aliphatic carbocycles. The summed E-state index contributed by atoms with van der Waals surface area (Å²) in [4.78, 5) is 2.31. The van der Waals surface area contributed by atoms with Crippen LogP contribution in [0.25, 0.3) is 0 Å². The molecule has 0 spiro atoms. The maximum absolute atomic E-state index is 5.21. The van der Waals surface area contributed by atoms with E-state index < -0.39 is 0 Å². The Morgan fingerprint density at radius 1 is 1.19 bits per heavy atom. The molecule has 1 aromatic carbocycles. The van der Waals surface area contributed by atoms with Gasteiger partial charge in [0.1, 0.15) is 5.75 Å². The fourth-order valence-corrected chi connectivity index (χ4v) is 2.45. The van der Waals surface area contributed by atoms with E-state index in [1.54, 1.807) is 7.11 Å². The zero-order valence-corrected chi connectivity index (χ0v) is 14.6. The van der Waals surface area contributed by atoms with Crippen LogP contribution < -0.4 is 15.0 Å².